The van der Waals surface area contributed by atoms with Crippen molar-refractivity contribution in [3.8, 4) is 11.3 Å². The Labute approximate surface area is 218 Å². The molecule has 5 rings (SSSR count). The number of likely N-dealkylation sites (N-methyl/N-ethyl adjacent to an activating group) is 1. The Morgan fingerprint density at radius 1 is 1.08 bits per heavy atom. The van der Waals surface area contributed by atoms with Crippen LogP contribution in [0.3, 0.4) is 0 Å². The number of nitrogens with zero attached hydrogens (tertiary/aromatic N) is 2. The lowest BCUT2D eigenvalue weighted by molar-refractivity contribution is -0.118. The Morgan fingerprint density at radius 3 is 2.50 bits per heavy atom. The molecule has 0 saturated carbocycles. The lowest BCUT2D eigenvalue weighted by Crippen LogP contribution is -2.34. The molecule has 0 unspecified atom stereocenters. The maximum Gasteiger partial charge on any atom is 0.257 e. The third-order valence-corrected chi connectivity index (χ3v) is 6.61. The number of nitrogens with one attached hydrogen (secondary N) is 3. The van der Waals surface area contributed by atoms with Crippen molar-refractivity contribution in [3.63, 3.8) is 0 Å². The van der Waals surface area contributed by atoms with Gasteiger partial charge in [-0.1, -0.05) is 48.5 Å². The van der Waals surface area contributed by atoms with Gasteiger partial charge >= 0.3 is 0 Å². The van der Waals surface area contributed by atoms with Crippen LogP contribution in [0.4, 0.5) is 26.0 Å². The van der Waals surface area contributed by atoms with E-state index in [0.717, 1.165) is 11.4 Å². The van der Waals surface area contributed by atoms with Crippen LogP contribution >= 0.6 is 0 Å². The lowest BCUT2D eigenvalue weighted by atomic mass is 9.95. The number of pyridine rings is 1. The van der Waals surface area contributed by atoms with Gasteiger partial charge in [-0.15, -0.1) is 0 Å². The van der Waals surface area contributed by atoms with Crippen LogP contribution in [-0.4, -0.2) is 46.7 Å². The predicted molar refractivity (Wildman–Crippen MR) is 143 cm³/mol. The summed E-state index contributed by atoms with van der Waals surface area (Å²) in [5, 5.41) is 6.09. The van der Waals surface area contributed by atoms with E-state index in [1.54, 1.807) is 54.4 Å². The van der Waals surface area contributed by atoms with Crippen molar-refractivity contribution in [2.45, 2.75) is 25.2 Å². The Bertz CT molecular complexity index is 1440. The Kier molecular flexibility index (Phi) is 7.17. The first kappa shape index (κ1) is 25.1. The third kappa shape index (κ3) is 5.27. The smallest absolute Gasteiger partial charge is 0.257 e. The molecule has 0 bridgehead atoms. The van der Waals surface area contributed by atoms with Crippen molar-refractivity contribution >= 4 is 29.0 Å². The number of H-pyrrole nitrogens is 1. The summed E-state index contributed by atoms with van der Waals surface area (Å²) < 4.78 is 26.6. The van der Waals surface area contributed by atoms with E-state index in [2.05, 4.69) is 20.6 Å². The highest BCUT2D eigenvalue weighted by Gasteiger charge is 2.30. The molecule has 1 aliphatic heterocycles. The number of rotatable bonds is 8. The molecule has 1 atom stereocenters. The number of fused-ring (bicyclic) bond motifs is 1. The average Bonchev–Trinajstić information content (AvgIpc) is 3.29. The number of hydrogen-bond donors (Lipinski definition) is 3. The first-order valence-corrected chi connectivity index (χ1v) is 12.3. The molecule has 9 heteroatoms. The summed E-state index contributed by atoms with van der Waals surface area (Å²) >= 11 is 0. The number of aromatic amines is 1. The zero-order valence-electron chi connectivity index (χ0n) is 20.7. The van der Waals surface area contributed by atoms with E-state index < -0.39 is 24.7 Å². The molecule has 194 valence electrons. The average molecular weight is 516 g/mol. The van der Waals surface area contributed by atoms with E-state index in [9.17, 15) is 18.4 Å². The van der Waals surface area contributed by atoms with Gasteiger partial charge in [-0.05, 0) is 29.8 Å². The molecule has 0 fully saturated rings. The molecule has 0 saturated heterocycles. The molecule has 2 amide bonds. The van der Waals surface area contributed by atoms with Crippen LogP contribution in [0.15, 0.2) is 79.0 Å². The second kappa shape index (κ2) is 10.8. The fraction of sp³-hybridized carbons (Fsp3) is 0.207. The van der Waals surface area contributed by atoms with E-state index in [0.29, 0.717) is 41.0 Å². The number of alkyl halides is 2. The Morgan fingerprint density at radius 2 is 1.79 bits per heavy atom. The van der Waals surface area contributed by atoms with Crippen LogP contribution in [0.2, 0.25) is 0 Å². The maximum atomic E-state index is 13.3. The molecule has 3 heterocycles. The van der Waals surface area contributed by atoms with Crippen molar-refractivity contribution < 1.29 is 18.4 Å². The maximum absolute atomic E-state index is 13.3. The van der Waals surface area contributed by atoms with Crippen LogP contribution in [0.25, 0.3) is 11.3 Å². The van der Waals surface area contributed by atoms with Gasteiger partial charge in [0.1, 0.15) is 5.82 Å². The van der Waals surface area contributed by atoms with Crippen LogP contribution in [0.5, 0.6) is 0 Å². The molecular weight excluding hydrogens is 488 g/mol. The second-order valence-corrected chi connectivity index (χ2v) is 9.21. The van der Waals surface area contributed by atoms with E-state index in [1.165, 1.54) is 6.20 Å². The van der Waals surface area contributed by atoms with E-state index in [-0.39, 0.29) is 11.7 Å². The number of anilines is 3. The van der Waals surface area contributed by atoms with Gasteiger partial charge in [-0.25, -0.2) is 13.8 Å². The largest absolute Gasteiger partial charge is 0.356 e. The van der Waals surface area contributed by atoms with Crippen molar-refractivity contribution in [1.29, 1.82) is 0 Å². The van der Waals surface area contributed by atoms with Crippen LogP contribution in [-0.2, 0) is 11.2 Å². The van der Waals surface area contributed by atoms with E-state index in [4.69, 9.17) is 0 Å². The third-order valence-electron chi connectivity index (χ3n) is 6.61. The second-order valence-electron chi connectivity index (χ2n) is 9.21. The number of benzene rings is 2. The fourth-order valence-corrected chi connectivity index (χ4v) is 4.68. The zero-order valence-corrected chi connectivity index (χ0v) is 20.7. The minimum absolute atomic E-state index is 0.0903. The molecule has 2 aromatic heterocycles. The molecular formula is C29H27F2N5O2. The summed E-state index contributed by atoms with van der Waals surface area (Å²) in [6.45, 7) is 0.596. The minimum Gasteiger partial charge on any atom is -0.356 e. The highest BCUT2D eigenvalue weighted by Crippen LogP contribution is 2.38. The number of halogens is 2. The van der Waals surface area contributed by atoms with Gasteiger partial charge < -0.3 is 20.5 Å². The standard InChI is InChI=1S/C29H27F2N5O2/c1-36-15-13-22-25(29(36)38)27(33-20-10-6-3-7-11-20)26(34-22)19-12-14-32-24(16-19)35-28(37)21(17-23(30)31)18-8-4-2-5-9-18/h2-12,14,16,21,23,33-34H,13,15,17H2,1H3,(H,32,35,37)/t21-/m0/s1. The minimum atomic E-state index is -2.64. The quantitative estimate of drug-likeness (QED) is 0.276. The number of carbonyl (C=O) groups is 2. The van der Waals surface area contributed by atoms with Gasteiger partial charge in [0, 0.05) is 49.6 Å². The summed E-state index contributed by atoms with van der Waals surface area (Å²) in [7, 11) is 1.77. The number of hydrogen-bond acceptors (Lipinski definition) is 4. The molecule has 3 N–H and O–H groups in total. The zero-order chi connectivity index (χ0) is 26.6. The molecule has 1 aliphatic rings. The molecule has 7 nitrogen and oxygen atoms in total. The van der Waals surface area contributed by atoms with E-state index in [1.807, 2.05) is 30.3 Å². The monoisotopic (exact) mass is 515 g/mol. The molecule has 0 radical (unpaired) electrons. The lowest BCUT2D eigenvalue weighted by Gasteiger charge is -2.23. The van der Waals surface area contributed by atoms with Crippen molar-refractivity contribution in [2.24, 2.45) is 0 Å². The Hall–Kier alpha value is -4.53. The predicted octanol–water partition coefficient (Wildman–Crippen LogP) is 5.83. The van der Waals surface area contributed by atoms with Crippen molar-refractivity contribution in [2.75, 3.05) is 24.2 Å². The Balaban J connectivity index is 1.49. The molecule has 0 spiro atoms. The fourth-order valence-electron chi connectivity index (χ4n) is 4.68. The normalized spacial score (nSPS) is 13.8. The van der Waals surface area contributed by atoms with Crippen LogP contribution < -0.4 is 10.6 Å². The highest BCUT2D eigenvalue weighted by molar-refractivity contribution is 6.06. The highest BCUT2D eigenvalue weighted by atomic mass is 19.3. The SMILES string of the molecule is CN1CCc2[nH]c(-c3ccnc(NC(=O)[C@@H](CC(F)F)c4ccccc4)c3)c(Nc3ccccc3)c2C1=O. The number of carbonyl (C=O) groups excluding carboxylic acids is 2. The van der Waals surface area contributed by atoms with Crippen LogP contribution in [0.1, 0.15) is 34.0 Å². The van der Waals surface area contributed by atoms with Gasteiger partial charge in [0.15, 0.2) is 0 Å². The first-order chi connectivity index (χ1) is 18.4. The molecule has 38 heavy (non-hydrogen) atoms. The molecule has 0 aliphatic carbocycles. The summed E-state index contributed by atoms with van der Waals surface area (Å²) in [6.07, 6.45) is -1.03. The van der Waals surface area contributed by atoms with Gasteiger partial charge in [-0.3, -0.25) is 9.59 Å². The first-order valence-electron chi connectivity index (χ1n) is 12.3. The number of para-hydroxylation sites is 1. The molecule has 4 aromatic rings. The van der Waals surface area contributed by atoms with Gasteiger partial charge in [0.05, 0.1) is 22.9 Å². The number of aromatic nitrogens is 2. The van der Waals surface area contributed by atoms with Crippen LogP contribution in [0, 0.1) is 0 Å². The van der Waals surface area contributed by atoms with Gasteiger partial charge in [0.2, 0.25) is 12.3 Å². The van der Waals surface area contributed by atoms with Gasteiger partial charge in [0.25, 0.3) is 5.91 Å². The summed E-state index contributed by atoms with van der Waals surface area (Å²) in [4.78, 5) is 35.5. The van der Waals surface area contributed by atoms with Crippen molar-refractivity contribution in [1.82, 2.24) is 14.9 Å². The molecule has 2 aromatic carbocycles. The van der Waals surface area contributed by atoms with E-state index >= 15 is 0 Å². The summed E-state index contributed by atoms with van der Waals surface area (Å²) in [5.74, 6) is -1.45. The summed E-state index contributed by atoms with van der Waals surface area (Å²) in [6, 6.07) is 21.5. The summed E-state index contributed by atoms with van der Waals surface area (Å²) in [5.41, 5.74) is 4.71. The number of amides is 2. The topological polar surface area (TPSA) is 90.1 Å². The van der Waals surface area contributed by atoms with Gasteiger partial charge in [-0.2, -0.15) is 0 Å². The van der Waals surface area contributed by atoms with Crippen molar-refractivity contribution in [3.05, 3.63) is 95.8 Å².